The summed E-state index contributed by atoms with van der Waals surface area (Å²) in [5.41, 5.74) is 0.706. The summed E-state index contributed by atoms with van der Waals surface area (Å²) in [6.45, 7) is 3.32. The van der Waals surface area contributed by atoms with Crippen molar-refractivity contribution in [3.05, 3.63) is 47.0 Å². The highest BCUT2D eigenvalue weighted by molar-refractivity contribution is 6.32. The Bertz CT molecular complexity index is 853. The lowest BCUT2D eigenvalue weighted by Gasteiger charge is -2.14. The number of rotatable bonds is 8. The van der Waals surface area contributed by atoms with Crippen LogP contribution in [0.2, 0.25) is 5.02 Å². The Morgan fingerprint density at radius 3 is 2.29 bits per heavy atom. The van der Waals surface area contributed by atoms with Gasteiger partial charge in [-0.15, -0.1) is 0 Å². The third-order valence-electron chi connectivity index (χ3n) is 3.53. The van der Waals surface area contributed by atoms with E-state index in [0.29, 0.717) is 28.0 Å². The zero-order valence-electron chi connectivity index (χ0n) is 16.1. The molecule has 2 aromatic rings. The van der Waals surface area contributed by atoms with Gasteiger partial charge in [-0.3, -0.25) is 4.79 Å². The lowest BCUT2D eigenvalue weighted by Crippen LogP contribution is -2.21. The number of halogens is 1. The molecule has 1 N–H and O–H groups in total. The number of amides is 1. The van der Waals surface area contributed by atoms with Crippen LogP contribution in [0, 0.1) is 0 Å². The third kappa shape index (κ3) is 5.79. The Labute approximate surface area is 168 Å². The van der Waals surface area contributed by atoms with Crippen LogP contribution in [0.5, 0.6) is 17.2 Å². The van der Waals surface area contributed by atoms with Gasteiger partial charge in [0.15, 0.2) is 18.1 Å². The maximum atomic E-state index is 12.2. The van der Waals surface area contributed by atoms with E-state index in [-0.39, 0.29) is 11.7 Å². The van der Waals surface area contributed by atoms with E-state index in [0.717, 1.165) is 0 Å². The SMILES string of the molecule is COc1ccc(NC(=O)COC(=O)c2ccc(OC(C)C)c(OC)c2)cc1Cl. The van der Waals surface area contributed by atoms with Gasteiger partial charge in [0.05, 0.1) is 30.9 Å². The molecule has 7 nitrogen and oxygen atoms in total. The van der Waals surface area contributed by atoms with Gasteiger partial charge in [-0.25, -0.2) is 4.79 Å². The Hall–Kier alpha value is -2.93. The molecule has 0 aliphatic heterocycles. The van der Waals surface area contributed by atoms with Crippen LogP contribution < -0.4 is 19.5 Å². The Balaban J connectivity index is 1.95. The Morgan fingerprint density at radius 2 is 1.68 bits per heavy atom. The van der Waals surface area contributed by atoms with E-state index in [1.165, 1.54) is 20.3 Å². The standard InChI is InChI=1S/C20H22ClNO6/c1-12(2)28-17-7-5-13(9-18(17)26-4)20(24)27-11-19(23)22-14-6-8-16(25-3)15(21)10-14/h5-10,12H,11H2,1-4H3,(H,22,23). The summed E-state index contributed by atoms with van der Waals surface area (Å²) in [5.74, 6) is 0.257. The third-order valence-corrected chi connectivity index (χ3v) is 3.83. The second-order valence-corrected chi connectivity index (χ2v) is 6.41. The van der Waals surface area contributed by atoms with Gasteiger partial charge in [0.2, 0.25) is 0 Å². The molecule has 0 radical (unpaired) electrons. The van der Waals surface area contributed by atoms with E-state index in [1.54, 1.807) is 30.3 Å². The molecule has 0 bridgehead atoms. The molecule has 0 spiro atoms. The summed E-state index contributed by atoms with van der Waals surface area (Å²) >= 11 is 6.01. The minimum Gasteiger partial charge on any atom is -0.495 e. The first-order valence-electron chi connectivity index (χ1n) is 8.49. The van der Waals surface area contributed by atoms with Crippen LogP contribution in [0.15, 0.2) is 36.4 Å². The van der Waals surface area contributed by atoms with Crippen LogP contribution in [0.25, 0.3) is 0 Å². The van der Waals surface area contributed by atoms with Gasteiger partial charge in [-0.05, 0) is 50.2 Å². The molecule has 0 atom stereocenters. The van der Waals surface area contributed by atoms with Crippen molar-refractivity contribution in [1.82, 2.24) is 0 Å². The lowest BCUT2D eigenvalue weighted by atomic mass is 10.2. The summed E-state index contributed by atoms with van der Waals surface area (Å²) in [6, 6.07) is 9.46. The van der Waals surface area contributed by atoms with Crippen LogP contribution in [0.4, 0.5) is 5.69 Å². The van der Waals surface area contributed by atoms with Crippen LogP contribution >= 0.6 is 11.6 Å². The second-order valence-electron chi connectivity index (χ2n) is 6.01. The number of nitrogens with one attached hydrogen (secondary N) is 1. The molecule has 8 heteroatoms. The van der Waals surface area contributed by atoms with E-state index < -0.39 is 18.5 Å². The fourth-order valence-electron chi connectivity index (χ4n) is 2.30. The first-order chi connectivity index (χ1) is 13.3. The van der Waals surface area contributed by atoms with Crippen molar-refractivity contribution in [3.8, 4) is 17.2 Å². The van der Waals surface area contributed by atoms with Crippen LogP contribution in [0.1, 0.15) is 24.2 Å². The Kier molecular flexibility index (Phi) is 7.52. The molecule has 0 aliphatic carbocycles. The molecule has 0 saturated carbocycles. The fraction of sp³-hybridized carbons (Fsp3) is 0.300. The minimum atomic E-state index is -0.655. The molecule has 2 aromatic carbocycles. The van der Waals surface area contributed by atoms with Crippen molar-refractivity contribution >= 4 is 29.2 Å². The molecular formula is C20H22ClNO6. The molecule has 1 amide bonds. The molecule has 0 aromatic heterocycles. The van der Waals surface area contributed by atoms with Crippen molar-refractivity contribution in [2.75, 3.05) is 26.1 Å². The molecule has 0 unspecified atom stereocenters. The predicted octanol–water partition coefficient (Wildman–Crippen LogP) is 3.94. The van der Waals surface area contributed by atoms with E-state index in [4.69, 9.17) is 30.5 Å². The summed E-state index contributed by atoms with van der Waals surface area (Å²) < 4.78 is 20.9. The van der Waals surface area contributed by atoms with Gasteiger partial charge in [0.1, 0.15) is 5.75 Å². The number of hydrogen-bond donors (Lipinski definition) is 1. The summed E-state index contributed by atoms with van der Waals surface area (Å²) in [4.78, 5) is 24.2. The number of carbonyl (C=O) groups excluding carboxylic acids is 2. The van der Waals surface area contributed by atoms with Gasteiger partial charge in [0, 0.05) is 5.69 Å². The highest BCUT2D eigenvalue weighted by Crippen LogP contribution is 2.29. The van der Waals surface area contributed by atoms with Gasteiger partial charge >= 0.3 is 5.97 Å². The summed E-state index contributed by atoms with van der Waals surface area (Å²) in [6.07, 6.45) is -0.0399. The van der Waals surface area contributed by atoms with Crippen LogP contribution in [0.3, 0.4) is 0 Å². The molecule has 0 aliphatic rings. The molecule has 0 fully saturated rings. The highest BCUT2D eigenvalue weighted by Gasteiger charge is 2.15. The molecule has 150 valence electrons. The summed E-state index contributed by atoms with van der Waals surface area (Å²) in [7, 11) is 2.97. The zero-order chi connectivity index (χ0) is 20.7. The lowest BCUT2D eigenvalue weighted by molar-refractivity contribution is -0.119. The van der Waals surface area contributed by atoms with Gasteiger partial charge in [-0.2, -0.15) is 0 Å². The largest absolute Gasteiger partial charge is 0.495 e. The van der Waals surface area contributed by atoms with Gasteiger partial charge in [-0.1, -0.05) is 11.6 Å². The number of anilines is 1. The van der Waals surface area contributed by atoms with Crippen molar-refractivity contribution in [1.29, 1.82) is 0 Å². The van der Waals surface area contributed by atoms with Crippen molar-refractivity contribution < 1.29 is 28.5 Å². The number of benzene rings is 2. The quantitative estimate of drug-likeness (QED) is 0.667. The number of esters is 1. The van der Waals surface area contributed by atoms with E-state index in [1.807, 2.05) is 13.8 Å². The summed E-state index contributed by atoms with van der Waals surface area (Å²) in [5, 5.41) is 2.95. The average molecular weight is 408 g/mol. The first kappa shape index (κ1) is 21.4. The molecule has 0 saturated heterocycles. The van der Waals surface area contributed by atoms with Gasteiger partial charge < -0.3 is 24.3 Å². The molecule has 2 rings (SSSR count). The van der Waals surface area contributed by atoms with Crippen molar-refractivity contribution in [2.45, 2.75) is 20.0 Å². The average Bonchev–Trinajstić information content (AvgIpc) is 2.66. The number of ether oxygens (including phenoxy) is 4. The van der Waals surface area contributed by atoms with Crippen LogP contribution in [-0.2, 0) is 9.53 Å². The normalized spacial score (nSPS) is 10.4. The molecule has 0 heterocycles. The number of hydrogen-bond acceptors (Lipinski definition) is 6. The van der Waals surface area contributed by atoms with E-state index in [2.05, 4.69) is 5.32 Å². The monoisotopic (exact) mass is 407 g/mol. The first-order valence-corrected chi connectivity index (χ1v) is 8.87. The van der Waals surface area contributed by atoms with E-state index >= 15 is 0 Å². The van der Waals surface area contributed by atoms with E-state index in [9.17, 15) is 9.59 Å². The zero-order valence-corrected chi connectivity index (χ0v) is 16.8. The highest BCUT2D eigenvalue weighted by atomic mass is 35.5. The number of methoxy groups -OCH3 is 2. The molecule has 28 heavy (non-hydrogen) atoms. The van der Waals surface area contributed by atoms with Crippen molar-refractivity contribution in [3.63, 3.8) is 0 Å². The predicted molar refractivity (Wildman–Crippen MR) is 106 cm³/mol. The van der Waals surface area contributed by atoms with Crippen molar-refractivity contribution in [2.24, 2.45) is 0 Å². The topological polar surface area (TPSA) is 83.1 Å². The van der Waals surface area contributed by atoms with Gasteiger partial charge in [0.25, 0.3) is 5.91 Å². The smallest absolute Gasteiger partial charge is 0.338 e. The minimum absolute atomic E-state index is 0.0399. The van der Waals surface area contributed by atoms with Crippen LogP contribution in [-0.4, -0.2) is 38.8 Å². The Morgan fingerprint density at radius 1 is 1.00 bits per heavy atom. The maximum Gasteiger partial charge on any atom is 0.338 e. The number of carbonyl (C=O) groups is 2. The fourth-order valence-corrected chi connectivity index (χ4v) is 2.56. The molecular weight excluding hydrogens is 386 g/mol. The second kappa shape index (κ2) is 9.85. The maximum absolute atomic E-state index is 12.2.